The van der Waals surface area contributed by atoms with E-state index in [9.17, 15) is 4.79 Å². The number of nitrogens with one attached hydrogen (secondary N) is 1. The first kappa shape index (κ1) is 17.1. The largest absolute Gasteiger partial charge is 0.310 e. The molecule has 142 valence electrons. The van der Waals surface area contributed by atoms with Crippen LogP contribution >= 0.6 is 0 Å². The molecule has 1 amide bonds. The highest BCUT2D eigenvalue weighted by Gasteiger charge is 2.33. The Morgan fingerprint density at radius 2 is 1.90 bits per heavy atom. The van der Waals surface area contributed by atoms with Crippen molar-refractivity contribution in [3.63, 3.8) is 0 Å². The van der Waals surface area contributed by atoms with E-state index in [1.54, 1.807) is 27.4 Å². The van der Waals surface area contributed by atoms with E-state index >= 15 is 0 Å². The molecule has 1 atom stereocenters. The minimum absolute atomic E-state index is 0.0884. The molecule has 0 aliphatic carbocycles. The fourth-order valence-corrected chi connectivity index (χ4v) is 3.79. The van der Waals surface area contributed by atoms with Crippen LogP contribution in [-0.2, 0) is 4.79 Å². The zero-order valence-electron chi connectivity index (χ0n) is 15.8. The maximum atomic E-state index is 12.5. The van der Waals surface area contributed by atoms with E-state index in [0.29, 0.717) is 35.1 Å². The van der Waals surface area contributed by atoms with Crippen LogP contribution in [0.15, 0.2) is 36.4 Å². The summed E-state index contributed by atoms with van der Waals surface area (Å²) in [6, 6.07) is 13.1. The predicted octanol–water partition coefficient (Wildman–Crippen LogP) is 2.27. The summed E-state index contributed by atoms with van der Waals surface area (Å²) in [5.74, 6) is 1.62. The number of nitrogens with zero attached hydrogens (tertiary/aromatic N) is 7. The van der Waals surface area contributed by atoms with Gasteiger partial charge in [-0.15, -0.1) is 15.3 Å². The Kier molecular flexibility index (Phi) is 3.67. The molecular formula is C20H16N8O. The fraction of sp³-hybridized carbons (Fsp3) is 0.200. The molecule has 1 aliphatic rings. The Hall–Kier alpha value is -4.06. The van der Waals surface area contributed by atoms with Gasteiger partial charge in [-0.3, -0.25) is 4.79 Å². The van der Waals surface area contributed by atoms with Gasteiger partial charge in [-0.25, -0.2) is 0 Å². The number of anilines is 1. The molecule has 9 heteroatoms. The molecular weight excluding hydrogens is 368 g/mol. The van der Waals surface area contributed by atoms with Gasteiger partial charge in [0.15, 0.2) is 17.3 Å². The molecule has 0 fully saturated rings. The average Bonchev–Trinajstić information content (AvgIpc) is 3.27. The van der Waals surface area contributed by atoms with Gasteiger partial charge in [0.1, 0.15) is 5.82 Å². The third-order valence-corrected chi connectivity index (χ3v) is 5.17. The summed E-state index contributed by atoms with van der Waals surface area (Å²) >= 11 is 0. The highest BCUT2D eigenvalue weighted by Crippen LogP contribution is 2.40. The Labute approximate surface area is 165 Å². The van der Waals surface area contributed by atoms with E-state index in [1.807, 2.05) is 32.0 Å². The number of nitriles is 1. The standard InChI is InChI=1S/C20H16N8O/c1-11-19-15(14-5-3-13(10-21)4-6-14)9-18(29)22-20(19)28(25-11)17-8-7-16-24-23-12(2)27(16)26-17/h3-8,15H,9H2,1-2H3,(H,22,29)/t15-/m0/s1. The molecule has 0 bridgehead atoms. The lowest BCUT2D eigenvalue weighted by molar-refractivity contribution is -0.116. The Balaban J connectivity index is 1.66. The van der Waals surface area contributed by atoms with Gasteiger partial charge in [-0.2, -0.15) is 19.6 Å². The summed E-state index contributed by atoms with van der Waals surface area (Å²) in [5.41, 5.74) is 3.97. The molecule has 1 aromatic carbocycles. The van der Waals surface area contributed by atoms with Gasteiger partial charge in [0.05, 0.1) is 17.3 Å². The Morgan fingerprint density at radius 1 is 1.10 bits per heavy atom. The van der Waals surface area contributed by atoms with Crippen molar-refractivity contribution in [1.29, 1.82) is 5.26 Å². The molecule has 0 saturated carbocycles. The lowest BCUT2D eigenvalue weighted by Gasteiger charge is -2.24. The third kappa shape index (κ3) is 2.65. The van der Waals surface area contributed by atoms with Gasteiger partial charge >= 0.3 is 0 Å². The summed E-state index contributed by atoms with van der Waals surface area (Å²) < 4.78 is 3.29. The van der Waals surface area contributed by atoms with E-state index in [0.717, 1.165) is 16.8 Å². The van der Waals surface area contributed by atoms with Crippen molar-refractivity contribution in [2.75, 3.05) is 5.32 Å². The van der Waals surface area contributed by atoms with Crippen LogP contribution in [0.2, 0.25) is 0 Å². The minimum Gasteiger partial charge on any atom is -0.310 e. The number of fused-ring (bicyclic) bond motifs is 2. The molecule has 4 aromatic rings. The molecule has 9 nitrogen and oxygen atoms in total. The second-order valence-corrected chi connectivity index (χ2v) is 7.01. The van der Waals surface area contributed by atoms with Crippen molar-refractivity contribution in [2.45, 2.75) is 26.2 Å². The number of hydrogen-bond donors (Lipinski definition) is 1. The molecule has 29 heavy (non-hydrogen) atoms. The normalized spacial score (nSPS) is 15.8. The van der Waals surface area contributed by atoms with Gasteiger partial charge in [0.2, 0.25) is 5.91 Å². The zero-order chi connectivity index (χ0) is 20.1. The van der Waals surface area contributed by atoms with Crippen molar-refractivity contribution in [3.8, 4) is 11.9 Å². The van der Waals surface area contributed by atoms with Gasteiger partial charge in [-0.1, -0.05) is 12.1 Å². The lowest BCUT2D eigenvalue weighted by atomic mass is 9.85. The quantitative estimate of drug-likeness (QED) is 0.567. The van der Waals surface area contributed by atoms with Crippen LogP contribution in [0, 0.1) is 25.2 Å². The SMILES string of the molecule is Cc1nn(-c2ccc3nnc(C)n3n2)c2c1[C@H](c1ccc(C#N)cc1)CC(=O)N2. The molecule has 4 heterocycles. The monoisotopic (exact) mass is 384 g/mol. The average molecular weight is 384 g/mol. The van der Waals surface area contributed by atoms with Crippen molar-refractivity contribution in [3.05, 3.63) is 64.6 Å². The maximum Gasteiger partial charge on any atom is 0.226 e. The number of hydrogen-bond acceptors (Lipinski definition) is 6. The molecule has 3 aromatic heterocycles. The highest BCUT2D eigenvalue weighted by molar-refractivity contribution is 5.95. The highest BCUT2D eigenvalue weighted by atomic mass is 16.1. The number of rotatable bonds is 2. The van der Waals surface area contributed by atoms with Gasteiger partial charge in [-0.05, 0) is 43.7 Å². The minimum atomic E-state index is -0.138. The molecule has 0 radical (unpaired) electrons. The first-order valence-corrected chi connectivity index (χ1v) is 9.14. The predicted molar refractivity (Wildman–Crippen MR) is 104 cm³/mol. The number of aryl methyl sites for hydroxylation is 2. The Morgan fingerprint density at radius 3 is 2.66 bits per heavy atom. The summed E-state index contributed by atoms with van der Waals surface area (Å²) in [7, 11) is 0. The van der Waals surface area contributed by atoms with Crippen LogP contribution in [0.25, 0.3) is 11.5 Å². The van der Waals surface area contributed by atoms with Crippen LogP contribution in [0.1, 0.15) is 40.5 Å². The molecule has 1 aliphatic heterocycles. The second-order valence-electron chi connectivity index (χ2n) is 7.01. The van der Waals surface area contributed by atoms with Crippen LogP contribution in [0.5, 0.6) is 0 Å². The fourth-order valence-electron chi connectivity index (χ4n) is 3.79. The summed E-state index contributed by atoms with van der Waals surface area (Å²) in [5, 5.41) is 29.3. The van der Waals surface area contributed by atoms with Gasteiger partial charge in [0.25, 0.3) is 0 Å². The van der Waals surface area contributed by atoms with E-state index in [-0.39, 0.29) is 11.8 Å². The van der Waals surface area contributed by atoms with Crippen LogP contribution in [-0.4, -0.2) is 35.5 Å². The first-order chi connectivity index (χ1) is 14.0. The van der Waals surface area contributed by atoms with E-state index in [4.69, 9.17) is 5.26 Å². The summed E-state index contributed by atoms with van der Waals surface area (Å²) in [6.45, 7) is 3.75. The number of aromatic nitrogens is 6. The zero-order valence-corrected chi connectivity index (χ0v) is 15.8. The molecule has 0 spiro atoms. The molecule has 0 unspecified atom stereocenters. The Bertz CT molecular complexity index is 1310. The van der Waals surface area contributed by atoms with Crippen molar-refractivity contribution >= 4 is 17.4 Å². The maximum absolute atomic E-state index is 12.5. The summed E-state index contributed by atoms with van der Waals surface area (Å²) in [6.07, 6.45) is 0.322. The molecule has 5 rings (SSSR count). The van der Waals surface area contributed by atoms with Gasteiger partial charge < -0.3 is 5.32 Å². The van der Waals surface area contributed by atoms with E-state index in [2.05, 4.69) is 31.8 Å². The smallest absolute Gasteiger partial charge is 0.226 e. The molecule has 0 saturated heterocycles. The lowest BCUT2D eigenvalue weighted by Crippen LogP contribution is -2.25. The van der Waals surface area contributed by atoms with E-state index in [1.165, 1.54) is 0 Å². The van der Waals surface area contributed by atoms with Crippen molar-refractivity contribution < 1.29 is 4.79 Å². The summed E-state index contributed by atoms with van der Waals surface area (Å²) in [4.78, 5) is 12.5. The topological polar surface area (TPSA) is 114 Å². The molecule has 1 N–H and O–H groups in total. The number of carbonyl (C=O) groups is 1. The van der Waals surface area contributed by atoms with Crippen LogP contribution < -0.4 is 5.32 Å². The van der Waals surface area contributed by atoms with Crippen LogP contribution in [0.3, 0.4) is 0 Å². The van der Waals surface area contributed by atoms with E-state index < -0.39 is 0 Å². The number of carbonyl (C=O) groups excluding carboxylic acids is 1. The second kappa shape index (κ2) is 6.24. The third-order valence-electron chi connectivity index (χ3n) is 5.17. The number of amides is 1. The first-order valence-electron chi connectivity index (χ1n) is 9.14. The van der Waals surface area contributed by atoms with Crippen molar-refractivity contribution in [2.24, 2.45) is 0 Å². The van der Waals surface area contributed by atoms with Crippen LogP contribution in [0.4, 0.5) is 5.82 Å². The van der Waals surface area contributed by atoms with Crippen molar-refractivity contribution in [1.82, 2.24) is 29.6 Å². The number of benzene rings is 1. The van der Waals surface area contributed by atoms with Gasteiger partial charge in [0, 0.05) is 17.9 Å².